The van der Waals surface area contributed by atoms with Crippen molar-refractivity contribution in [2.75, 3.05) is 6.61 Å². The number of aromatic nitrogens is 1. The Morgan fingerprint density at radius 3 is 2.51 bits per heavy atom. The number of benzene rings is 3. The molecule has 3 aromatic carbocycles. The minimum atomic E-state index is -0.776. The highest BCUT2D eigenvalue weighted by Gasteiger charge is 2.34. The fourth-order valence-corrected chi connectivity index (χ4v) is 7.47. The first-order valence-corrected chi connectivity index (χ1v) is 15.6. The number of allylic oxidation sites excluding steroid dienone is 1. The molecular formula is C30H22Br2Cl2N2O4S. The molecule has 2 heterocycles. The summed E-state index contributed by atoms with van der Waals surface area (Å²) in [6, 6.07) is 17.6. The van der Waals surface area contributed by atoms with E-state index in [1.807, 2.05) is 42.5 Å². The molecule has 0 spiro atoms. The fraction of sp³-hybridized carbons (Fsp3) is 0.167. The summed E-state index contributed by atoms with van der Waals surface area (Å²) in [6.45, 7) is 4.00. The second-order valence-corrected chi connectivity index (χ2v) is 12.6. The molecule has 0 N–H and O–H groups in total. The number of halogens is 4. The summed E-state index contributed by atoms with van der Waals surface area (Å²) in [5.74, 6) is 0.0891. The molecule has 6 nitrogen and oxygen atoms in total. The van der Waals surface area contributed by atoms with Crippen molar-refractivity contribution >= 4 is 78.4 Å². The lowest BCUT2D eigenvalue weighted by molar-refractivity contribution is -0.139. The molecule has 0 fully saturated rings. The van der Waals surface area contributed by atoms with Crippen molar-refractivity contribution in [3.05, 3.63) is 127 Å². The highest BCUT2D eigenvalue weighted by Crippen LogP contribution is 2.36. The van der Waals surface area contributed by atoms with E-state index in [4.69, 9.17) is 32.7 Å². The maximum absolute atomic E-state index is 13.9. The molecule has 41 heavy (non-hydrogen) atoms. The van der Waals surface area contributed by atoms with Gasteiger partial charge < -0.3 is 9.47 Å². The molecule has 1 atom stereocenters. The van der Waals surface area contributed by atoms with Gasteiger partial charge in [0.05, 0.1) is 31.4 Å². The van der Waals surface area contributed by atoms with Crippen LogP contribution in [0.2, 0.25) is 10.0 Å². The molecule has 0 saturated heterocycles. The van der Waals surface area contributed by atoms with Crippen LogP contribution >= 0.6 is 66.4 Å². The highest BCUT2D eigenvalue weighted by molar-refractivity contribution is 9.11. The number of ether oxygens (including phenoxy) is 2. The van der Waals surface area contributed by atoms with E-state index < -0.39 is 12.0 Å². The Hall–Kier alpha value is -2.69. The molecule has 1 aliphatic heterocycles. The van der Waals surface area contributed by atoms with Crippen molar-refractivity contribution in [1.82, 2.24) is 4.57 Å². The second kappa shape index (κ2) is 12.7. The zero-order valence-corrected chi connectivity index (χ0v) is 27.3. The quantitative estimate of drug-likeness (QED) is 0.188. The average Bonchev–Trinajstić information content (AvgIpc) is 3.22. The van der Waals surface area contributed by atoms with Gasteiger partial charge in [-0.3, -0.25) is 9.36 Å². The molecule has 0 bridgehead atoms. The first-order chi connectivity index (χ1) is 19.7. The van der Waals surface area contributed by atoms with Crippen LogP contribution in [0.15, 0.2) is 90.7 Å². The fourth-order valence-electron chi connectivity index (χ4n) is 4.52. The molecule has 0 saturated carbocycles. The number of thiazole rings is 1. The van der Waals surface area contributed by atoms with Crippen LogP contribution in [0.1, 0.15) is 36.6 Å². The highest BCUT2D eigenvalue weighted by atomic mass is 79.9. The number of esters is 1. The molecule has 0 radical (unpaired) electrons. The number of nitrogens with zero attached hydrogens (tertiary/aromatic N) is 2. The Morgan fingerprint density at radius 1 is 1.10 bits per heavy atom. The maximum atomic E-state index is 13.9. The lowest BCUT2D eigenvalue weighted by Gasteiger charge is -2.25. The largest absolute Gasteiger partial charge is 0.487 e. The van der Waals surface area contributed by atoms with E-state index in [9.17, 15) is 9.59 Å². The van der Waals surface area contributed by atoms with Gasteiger partial charge in [0.15, 0.2) is 4.80 Å². The van der Waals surface area contributed by atoms with Crippen LogP contribution < -0.4 is 19.6 Å². The predicted molar refractivity (Wildman–Crippen MR) is 169 cm³/mol. The number of hydrogen-bond acceptors (Lipinski definition) is 6. The molecule has 4 aromatic rings. The Balaban J connectivity index is 1.56. The Morgan fingerprint density at radius 2 is 1.83 bits per heavy atom. The van der Waals surface area contributed by atoms with Gasteiger partial charge in [0.25, 0.3) is 5.56 Å². The van der Waals surface area contributed by atoms with E-state index in [1.165, 1.54) is 15.9 Å². The second-order valence-electron chi connectivity index (χ2n) is 9.06. The molecule has 0 aliphatic carbocycles. The SMILES string of the molecule is CCOC(=O)C1=C(C)N=c2s/c(=C\c3cc(Br)c(OCc4cccc(Cl)c4)c(Br)c3)c(=O)n2[C@@H]1c1ccccc1Cl. The molecule has 1 aromatic heterocycles. The van der Waals surface area contributed by atoms with Gasteiger partial charge in [0, 0.05) is 10.0 Å². The van der Waals surface area contributed by atoms with Crippen molar-refractivity contribution < 1.29 is 14.3 Å². The first kappa shape index (κ1) is 29.8. The third-order valence-electron chi connectivity index (χ3n) is 6.31. The van der Waals surface area contributed by atoms with Gasteiger partial charge in [-0.1, -0.05) is 64.9 Å². The Labute approximate surface area is 266 Å². The standard InChI is InChI=1S/C30H22Br2Cl2N2O4S/c1-3-39-29(38)25-16(2)35-30-36(26(25)20-9-4-5-10-23(20)34)28(37)24(41-30)14-18-12-21(31)27(22(32)13-18)40-15-17-7-6-8-19(33)11-17/h4-14,26H,3,15H2,1-2H3/b24-14-/t26-/m1/s1. The van der Waals surface area contributed by atoms with Gasteiger partial charge in [0.1, 0.15) is 18.4 Å². The number of hydrogen-bond donors (Lipinski definition) is 0. The van der Waals surface area contributed by atoms with Crippen molar-refractivity contribution in [2.45, 2.75) is 26.5 Å². The van der Waals surface area contributed by atoms with Crippen LogP contribution in [-0.4, -0.2) is 17.1 Å². The van der Waals surface area contributed by atoms with Crippen LogP contribution in [0.4, 0.5) is 0 Å². The van der Waals surface area contributed by atoms with Gasteiger partial charge in [-0.05, 0) is 98.8 Å². The summed E-state index contributed by atoms with van der Waals surface area (Å²) in [7, 11) is 0. The minimum Gasteiger partial charge on any atom is -0.487 e. The molecule has 11 heteroatoms. The summed E-state index contributed by atoms with van der Waals surface area (Å²) in [6.07, 6.45) is 1.78. The zero-order valence-electron chi connectivity index (χ0n) is 21.8. The van der Waals surface area contributed by atoms with E-state index in [2.05, 4.69) is 36.9 Å². The number of carbonyl (C=O) groups is 1. The van der Waals surface area contributed by atoms with Crippen LogP contribution in [-0.2, 0) is 16.1 Å². The normalized spacial score (nSPS) is 15.0. The maximum Gasteiger partial charge on any atom is 0.338 e. The predicted octanol–water partition coefficient (Wildman–Crippen LogP) is 7.21. The van der Waals surface area contributed by atoms with Crippen molar-refractivity contribution in [3.63, 3.8) is 0 Å². The minimum absolute atomic E-state index is 0.192. The van der Waals surface area contributed by atoms with E-state index >= 15 is 0 Å². The van der Waals surface area contributed by atoms with E-state index in [0.717, 1.165) is 11.1 Å². The molecular weight excluding hydrogens is 715 g/mol. The van der Waals surface area contributed by atoms with Gasteiger partial charge in [-0.15, -0.1) is 0 Å². The summed E-state index contributed by atoms with van der Waals surface area (Å²) in [5.41, 5.74) is 2.79. The molecule has 0 amide bonds. The van der Waals surface area contributed by atoms with Gasteiger partial charge in [-0.25, -0.2) is 9.79 Å². The van der Waals surface area contributed by atoms with Crippen molar-refractivity contribution in [2.24, 2.45) is 4.99 Å². The molecule has 0 unspecified atom stereocenters. The van der Waals surface area contributed by atoms with Crippen LogP contribution in [0, 0.1) is 0 Å². The average molecular weight is 737 g/mol. The van der Waals surface area contributed by atoms with Gasteiger partial charge >= 0.3 is 5.97 Å². The van der Waals surface area contributed by atoms with Gasteiger partial charge in [-0.2, -0.15) is 0 Å². The third-order valence-corrected chi connectivity index (χ3v) is 9.05. The van der Waals surface area contributed by atoms with Crippen LogP contribution in [0.25, 0.3) is 6.08 Å². The smallest absolute Gasteiger partial charge is 0.338 e. The Bertz CT molecular complexity index is 1860. The zero-order chi connectivity index (χ0) is 29.3. The lowest BCUT2D eigenvalue weighted by atomic mass is 9.96. The summed E-state index contributed by atoms with van der Waals surface area (Å²) in [5, 5.41) is 1.08. The number of rotatable bonds is 7. The summed E-state index contributed by atoms with van der Waals surface area (Å²) in [4.78, 5) is 32.0. The van der Waals surface area contributed by atoms with Gasteiger partial charge in [0.2, 0.25) is 0 Å². The molecule has 1 aliphatic rings. The van der Waals surface area contributed by atoms with Crippen LogP contribution in [0.5, 0.6) is 5.75 Å². The van der Waals surface area contributed by atoms with E-state index in [0.29, 0.717) is 51.9 Å². The lowest BCUT2D eigenvalue weighted by Crippen LogP contribution is -2.40. The molecule has 210 valence electrons. The monoisotopic (exact) mass is 734 g/mol. The molecule has 5 rings (SSSR count). The third kappa shape index (κ3) is 6.24. The summed E-state index contributed by atoms with van der Waals surface area (Å²) >= 11 is 21.1. The van der Waals surface area contributed by atoms with Crippen molar-refractivity contribution in [3.8, 4) is 5.75 Å². The number of carbonyl (C=O) groups excluding carboxylic acids is 1. The first-order valence-electron chi connectivity index (χ1n) is 12.5. The summed E-state index contributed by atoms with van der Waals surface area (Å²) < 4.78 is 14.8. The van der Waals surface area contributed by atoms with E-state index in [1.54, 1.807) is 38.1 Å². The van der Waals surface area contributed by atoms with E-state index in [-0.39, 0.29) is 17.7 Å². The topological polar surface area (TPSA) is 69.9 Å². The van der Waals surface area contributed by atoms with Crippen LogP contribution in [0.3, 0.4) is 0 Å². The number of fused-ring (bicyclic) bond motifs is 1. The Kier molecular flexibility index (Phi) is 9.21. The van der Waals surface area contributed by atoms with Crippen molar-refractivity contribution in [1.29, 1.82) is 0 Å².